The number of benzene rings is 2. The largest absolute Gasteiger partial charge is 0.114 e. The van der Waals surface area contributed by atoms with Crippen LogP contribution in [0.5, 0.6) is 0 Å². The van der Waals surface area contributed by atoms with Crippen LogP contribution in [0.3, 0.4) is 0 Å². The van der Waals surface area contributed by atoms with Gasteiger partial charge < -0.3 is 0 Å². The van der Waals surface area contributed by atoms with Gasteiger partial charge in [-0.2, -0.15) is 0 Å². The Labute approximate surface area is 98.7 Å². The summed E-state index contributed by atoms with van der Waals surface area (Å²) in [5.41, 5.74) is 3.97. The molecule has 0 N–H and O–H groups in total. The topological polar surface area (TPSA) is 0 Å². The zero-order valence-corrected chi connectivity index (χ0v) is 10.2. The summed E-state index contributed by atoms with van der Waals surface area (Å²) in [5, 5.41) is 0.213. The maximum atomic E-state index is 2.29. The fourth-order valence-corrected chi connectivity index (χ4v) is 1.80. The van der Waals surface area contributed by atoms with E-state index in [1.54, 1.807) is 0 Å². The van der Waals surface area contributed by atoms with Crippen LogP contribution < -0.4 is 0 Å². The molecule has 16 heavy (non-hydrogen) atoms. The first kappa shape index (κ1) is 11.0. The van der Waals surface area contributed by atoms with Crippen molar-refractivity contribution in [1.82, 2.24) is 0 Å². The second kappa shape index (κ2) is 4.17. The number of hydrogen-bond donors (Lipinski definition) is 0. The smallest absolute Gasteiger partial charge is 0.0632 e. The Morgan fingerprint density at radius 2 is 1.44 bits per heavy atom. The van der Waals surface area contributed by atoms with Crippen LogP contribution in [0.2, 0.25) is 0 Å². The minimum atomic E-state index is 0.213. The van der Waals surface area contributed by atoms with E-state index in [2.05, 4.69) is 76.3 Å². The Morgan fingerprint density at radius 1 is 0.812 bits per heavy atom. The molecule has 0 saturated heterocycles. The van der Waals surface area contributed by atoms with Gasteiger partial charge in [-0.25, -0.2) is 0 Å². The van der Waals surface area contributed by atoms with E-state index in [4.69, 9.17) is 0 Å². The van der Waals surface area contributed by atoms with E-state index in [9.17, 15) is 0 Å². The van der Waals surface area contributed by atoms with Crippen molar-refractivity contribution in [2.75, 3.05) is 0 Å². The molecule has 2 aromatic rings. The SMILES string of the molecule is BC(C)(C)c1cccc(-c2ccccc2)c1. The third kappa shape index (κ3) is 2.36. The minimum Gasteiger partial charge on any atom is -0.0632 e. The molecular formula is C15H17B. The molecule has 0 aliphatic rings. The van der Waals surface area contributed by atoms with Crippen molar-refractivity contribution in [1.29, 1.82) is 0 Å². The summed E-state index contributed by atoms with van der Waals surface area (Å²) in [6.07, 6.45) is 0. The molecule has 0 saturated carbocycles. The van der Waals surface area contributed by atoms with Crippen molar-refractivity contribution in [3.8, 4) is 11.1 Å². The average Bonchev–Trinajstić information content (AvgIpc) is 2.29. The highest BCUT2D eigenvalue weighted by molar-refractivity contribution is 6.15. The van der Waals surface area contributed by atoms with Gasteiger partial charge in [-0.3, -0.25) is 0 Å². The summed E-state index contributed by atoms with van der Waals surface area (Å²) in [6.45, 7) is 4.49. The molecule has 0 aromatic heterocycles. The van der Waals surface area contributed by atoms with Crippen LogP contribution in [0, 0.1) is 0 Å². The average molecular weight is 208 g/mol. The van der Waals surface area contributed by atoms with E-state index < -0.39 is 0 Å². The Balaban J connectivity index is 2.45. The standard InChI is InChI=1S/C15H17B/c1-15(2,16)14-10-6-9-13(11-14)12-7-4-3-5-8-12/h3-11H,16H2,1-2H3. The van der Waals surface area contributed by atoms with Crippen molar-refractivity contribution < 1.29 is 0 Å². The van der Waals surface area contributed by atoms with Gasteiger partial charge in [-0.1, -0.05) is 68.4 Å². The van der Waals surface area contributed by atoms with Gasteiger partial charge in [-0.15, -0.1) is 0 Å². The van der Waals surface area contributed by atoms with Crippen molar-refractivity contribution in [2.24, 2.45) is 0 Å². The summed E-state index contributed by atoms with van der Waals surface area (Å²) in [4.78, 5) is 0. The summed E-state index contributed by atoms with van der Waals surface area (Å²) >= 11 is 0. The Hall–Kier alpha value is -1.50. The molecule has 0 radical (unpaired) electrons. The van der Waals surface area contributed by atoms with Gasteiger partial charge in [0, 0.05) is 0 Å². The molecule has 1 heteroatoms. The van der Waals surface area contributed by atoms with Gasteiger partial charge in [0.25, 0.3) is 0 Å². The molecule has 0 aliphatic heterocycles. The van der Waals surface area contributed by atoms with E-state index in [1.807, 2.05) is 0 Å². The maximum absolute atomic E-state index is 2.29. The van der Waals surface area contributed by atoms with Crippen molar-refractivity contribution in [3.63, 3.8) is 0 Å². The highest BCUT2D eigenvalue weighted by Crippen LogP contribution is 2.25. The summed E-state index contributed by atoms with van der Waals surface area (Å²) < 4.78 is 0. The summed E-state index contributed by atoms with van der Waals surface area (Å²) in [6, 6.07) is 19.3. The van der Waals surface area contributed by atoms with Gasteiger partial charge in [0.15, 0.2) is 0 Å². The van der Waals surface area contributed by atoms with E-state index in [0.717, 1.165) is 0 Å². The molecule has 0 heterocycles. The van der Waals surface area contributed by atoms with E-state index in [1.165, 1.54) is 16.7 Å². The molecule has 0 aliphatic carbocycles. The molecule has 2 aromatic carbocycles. The maximum Gasteiger partial charge on any atom is 0.114 e. The van der Waals surface area contributed by atoms with Crippen LogP contribution >= 0.6 is 0 Å². The Kier molecular flexibility index (Phi) is 2.87. The van der Waals surface area contributed by atoms with Crippen LogP contribution in [-0.2, 0) is 5.31 Å². The molecule has 0 spiro atoms. The lowest BCUT2D eigenvalue weighted by Gasteiger charge is -2.19. The molecule has 0 amide bonds. The van der Waals surface area contributed by atoms with Crippen molar-refractivity contribution in [2.45, 2.75) is 19.2 Å². The monoisotopic (exact) mass is 208 g/mol. The molecule has 80 valence electrons. The second-order valence-electron chi connectivity index (χ2n) is 5.20. The van der Waals surface area contributed by atoms with Gasteiger partial charge in [0.1, 0.15) is 7.85 Å². The lowest BCUT2D eigenvalue weighted by Crippen LogP contribution is -2.16. The van der Waals surface area contributed by atoms with Crippen LogP contribution in [0.25, 0.3) is 11.1 Å². The third-order valence-electron chi connectivity index (χ3n) is 2.84. The number of rotatable bonds is 2. The number of hydrogen-bond acceptors (Lipinski definition) is 0. The normalized spacial score (nSPS) is 11.4. The van der Waals surface area contributed by atoms with E-state index in [0.29, 0.717) is 0 Å². The van der Waals surface area contributed by atoms with Crippen LogP contribution in [-0.4, -0.2) is 7.85 Å². The predicted octanol–water partition coefficient (Wildman–Crippen LogP) is 3.22. The van der Waals surface area contributed by atoms with Gasteiger partial charge in [-0.05, 0) is 22.0 Å². The zero-order chi connectivity index (χ0) is 11.6. The first-order chi connectivity index (χ1) is 7.57. The van der Waals surface area contributed by atoms with Gasteiger partial charge in [0.05, 0.1) is 0 Å². The zero-order valence-electron chi connectivity index (χ0n) is 10.2. The first-order valence-electron chi connectivity index (χ1n) is 5.73. The summed E-state index contributed by atoms with van der Waals surface area (Å²) in [5.74, 6) is 0. The first-order valence-corrected chi connectivity index (χ1v) is 5.73. The highest BCUT2D eigenvalue weighted by Gasteiger charge is 2.13. The predicted molar refractivity (Wildman–Crippen MR) is 73.4 cm³/mol. The fourth-order valence-electron chi connectivity index (χ4n) is 1.80. The van der Waals surface area contributed by atoms with E-state index >= 15 is 0 Å². The van der Waals surface area contributed by atoms with Crippen LogP contribution in [0.15, 0.2) is 54.6 Å². The highest BCUT2D eigenvalue weighted by atomic mass is 14.1. The lowest BCUT2D eigenvalue weighted by molar-refractivity contribution is 0.764. The molecule has 0 nitrogen and oxygen atoms in total. The lowest BCUT2D eigenvalue weighted by atomic mass is 9.67. The van der Waals surface area contributed by atoms with Gasteiger partial charge >= 0.3 is 0 Å². The summed E-state index contributed by atoms with van der Waals surface area (Å²) in [7, 11) is 2.25. The van der Waals surface area contributed by atoms with Gasteiger partial charge in [0.2, 0.25) is 0 Å². The van der Waals surface area contributed by atoms with Crippen LogP contribution in [0.4, 0.5) is 0 Å². The van der Waals surface area contributed by atoms with E-state index in [-0.39, 0.29) is 5.31 Å². The molecule has 0 fully saturated rings. The van der Waals surface area contributed by atoms with Crippen molar-refractivity contribution >= 4 is 7.85 Å². The molecule has 0 bridgehead atoms. The Morgan fingerprint density at radius 3 is 2.06 bits per heavy atom. The molecule has 2 rings (SSSR count). The minimum absolute atomic E-state index is 0.213. The van der Waals surface area contributed by atoms with Crippen LogP contribution in [0.1, 0.15) is 19.4 Å². The second-order valence-corrected chi connectivity index (χ2v) is 5.20. The third-order valence-corrected chi connectivity index (χ3v) is 2.84. The molecule has 0 atom stereocenters. The molecule has 0 unspecified atom stereocenters. The molecular weight excluding hydrogens is 191 g/mol. The fraction of sp³-hybridized carbons (Fsp3) is 0.200. The van der Waals surface area contributed by atoms with Crippen molar-refractivity contribution in [3.05, 3.63) is 60.2 Å². The quantitative estimate of drug-likeness (QED) is 0.664. The Bertz CT molecular complexity index is 466.